The Hall–Kier alpha value is -3.15. The number of nitrogens with one attached hydrogen (secondary N) is 1. The van der Waals surface area contributed by atoms with E-state index in [0.29, 0.717) is 30.4 Å². The molecule has 1 N–H and O–H groups in total. The molecule has 3 rings (SSSR count). The average Bonchev–Trinajstić information content (AvgIpc) is 3.12. The standard InChI is InChI=1S/C19H19N3O3/c1-2-24-16-11-7-6-10-15(16)20-18(23)19-22-21-17(25-19)13-12-14-8-4-3-5-9-14/h3-11H,2,12-13H2,1H3,(H,20,23). The topological polar surface area (TPSA) is 77.2 Å². The summed E-state index contributed by atoms with van der Waals surface area (Å²) in [4.78, 5) is 12.3. The molecule has 0 atom stereocenters. The normalized spacial score (nSPS) is 10.4. The van der Waals surface area contributed by atoms with Gasteiger partial charge in [0.15, 0.2) is 0 Å². The van der Waals surface area contributed by atoms with Crippen molar-refractivity contribution >= 4 is 11.6 Å². The van der Waals surface area contributed by atoms with Crippen LogP contribution in [0.2, 0.25) is 0 Å². The molecule has 1 amide bonds. The predicted octanol–water partition coefficient (Wildman–Crippen LogP) is 3.51. The maximum Gasteiger partial charge on any atom is 0.313 e. The first-order chi connectivity index (χ1) is 12.3. The fourth-order valence-corrected chi connectivity index (χ4v) is 2.37. The molecule has 0 radical (unpaired) electrons. The first-order valence-corrected chi connectivity index (χ1v) is 8.15. The molecule has 0 unspecified atom stereocenters. The Labute approximate surface area is 145 Å². The molecule has 0 aliphatic carbocycles. The van der Waals surface area contributed by atoms with E-state index >= 15 is 0 Å². The molecule has 25 heavy (non-hydrogen) atoms. The minimum atomic E-state index is -0.453. The van der Waals surface area contributed by atoms with E-state index in [0.717, 1.165) is 6.42 Å². The van der Waals surface area contributed by atoms with Crippen LogP contribution in [0.15, 0.2) is 59.0 Å². The first kappa shape index (κ1) is 16.7. The maximum absolute atomic E-state index is 12.3. The quantitative estimate of drug-likeness (QED) is 0.714. The number of aryl methyl sites for hydroxylation is 2. The van der Waals surface area contributed by atoms with E-state index in [-0.39, 0.29) is 5.89 Å². The van der Waals surface area contributed by atoms with Crippen LogP contribution in [0.3, 0.4) is 0 Å². The van der Waals surface area contributed by atoms with Gasteiger partial charge in [0.25, 0.3) is 0 Å². The number of anilines is 1. The lowest BCUT2D eigenvalue weighted by atomic mass is 10.1. The minimum Gasteiger partial charge on any atom is -0.492 e. The second-order valence-corrected chi connectivity index (χ2v) is 5.37. The Morgan fingerprint density at radius 2 is 1.80 bits per heavy atom. The molecule has 2 aromatic carbocycles. The fraction of sp³-hybridized carbons (Fsp3) is 0.211. The highest BCUT2D eigenvalue weighted by Gasteiger charge is 2.16. The van der Waals surface area contributed by atoms with Crippen LogP contribution in [-0.2, 0) is 12.8 Å². The van der Waals surface area contributed by atoms with Crippen LogP contribution in [0, 0.1) is 0 Å². The van der Waals surface area contributed by atoms with E-state index < -0.39 is 5.91 Å². The number of carbonyl (C=O) groups excluding carboxylic acids is 1. The monoisotopic (exact) mass is 337 g/mol. The lowest BCUT2D eigenvalue weighted by molar-refractivity contribution is 0.0988. The molecule has 0 aliphatic rings. The van der Waals surface area contributed by atoms with Crippen molar-refractivity contribution in [3.05, 3.63) is 71.9 Å². The largest absolute Gasteiger partial charge is 0.492 e. The summed E-state index contributed by atoms with van der Waals surface area (Å²) in [5.74, 6) is 0.522. The van der Waals surface area contributed by atoms with Gasteiger partial charge in [-0.25, -0.2) is 0 Å². The Morgan fingerprint density at radius 1 is 1.04 bits per heavy atom. The number of benzene rings is 2. The second kappa shape index (κ2) is 8.10. The van der Waals surface area contributed by atoms with E-state index in [1.54, 1.807) is 12.1 Å². The number of para-hydroxylation sites is 2. The molecule has 0 bridgehead atoms. The van der Waals surface area contributed by atoms with E-state index in [9.17, 15) is 4.79 Å². The molecule has 0 fully saturated rings. The summed E-state index contributed by atoms with van der Waals surface area (Å²) in [5, 5.41) is 10.5. The van der Waals surface area contributed by atoms with Gasteiger partial charge in [-0.05, 0) is 31.0 Å². The van der Waals surface area contributed by atoms with Crippen LogP contribution in [0.1, 0.15) is 29.1 Å². The van der Waals surface area contributed by atoms with Gasteiger partial charge in [-0.2, -0.15) is 0 Å². The third-order valence-electron chi connectivity index (χ3n) is 3.57. The van der Waals surface area contributed by atoms with Crippen LogP contribution in [0.4, 0.5) is 5.69 Å². The molecular weight excluding hydrogens is 318 g/mol. The van der Waals surface area contributed by atoms with E-state index in [1.165, 1.54) is 5.56 Å². The van der Waals surface area contributed by atoms with Crippen molar-refractivity contribution in [3.63, 3.8) is 0 Å². The summed E-state index contributed by atoms with van der Waals surface area (Å²) in [7, 11) is 0. The second-order valence-electron chi connectivity index (χ2n) is 5.37. The molecule has 1 aromatic heterocycles. The summed E-state index contributed by atoms with van der Waals surface area (Å²) in [5.41, 5.74) is 1.75. The SMILES string of the molecule is CCOc1ccccc1NC(=O)c1nnc(CCc2ccccc2)o1. The number of amides is 1. The number of ether oxygens (including phenoxy) is 1. The molecular formula is C19H19N3O3. The zero-order valence-corrected chi connectivity index (χ0v) is 13.9. The van der Waals surface area contributed by atoms with Crippen LogP contribution >= 0.6 is 0 Å². The summed E-state index contributed by atoms with van der Waals surface area (Å²) in [6.45, 7) is 2.40. The Bertz CT molecular complexity index is 831. The van der Waals surface area contributed by atoms with Crippen molar-refractivity contribution < 1.29 is 13.9 Å². The molecule has 0 aliphatic heterocycles. The molecule has 6 heteroatoms. The van der Waals surface area contributed by atoms with Crippen LogP contribution in [0.5, 0.6) is 5.75 Å². The van der Waals surface area contributed by atoms with Crippen LogP contribution in [0.25, 0.3) is 0 Å². The van der Waals surface area contributed by atoms with Gasteiger partial charge in [0.2, 0.25) is 5.89 Å². The zero-order valence-electron chi connectivity index (χ0n) is 13.9. The van der Waals surface area contributed by atoms with Gasteiger partial charge in [0.1, 0.15) is 5.75 Å². The number of rotatable bonds is 7. The first-order valence-electron chi connectivity index (χ1n) is 8.15. The molecule has 128 valence electrons. The third kappa shape index (κ3) is 4.44. The van der Waals surface area contributed by atoms with Gasteiger partial charge in [0.05, 0.1) is 12.3 Å². The Morgan fingerprint density at radius 3 is 2.60 bits per heavy atom. The zero-order chi connectivity index (χ0) is 17.5. The smallest absolute Gasteiger partial charge is 0.313 e. The van der Waals surface area contributed by atoms with Gasteiger partial charge in [-0.3, -0.25) is 4.79 Å². The highest BCUT2D eigenvalue weighted by Crippen LogP contribution is 2.24. The lowest BCUT2D eigenvalue weighted by Crippen LogP contribution is -2.13. The molecule has 6 nitrogen and oxygen atoms in total. The fourth-order valence-electron chi connectivity index (χ4n) is 2.37. The van der Waals surface area contributed by atoms with Crippen molar-refractivity contribution in [2.45, 2.75) is 19.8 Å². The molecule has 0 saturated carbocycles. The summed E-state index contributed by atoms with van der Waals surface area (Å²) in [6, 6.07) is 17.2. The highest BCUT2D eigenvalue weighted by atomic mass is 16.5. The average molecular weight is 337 g/mol. The van der Waals surface area contributed by atoms with Crippen LogP contribution in [-0.4, -0.2) is 22.7 Å². The minimum absolute atomic E-state index is 0.0608. The predicted molar refractivity (Wildman–Crippen MR) is 93.7 cm³/mol. The maximum atomic E-state index is 12.3. The lowest BCUT2D eigenvalue weighted by Gasteiger charge is -2.09. The molecule has 3 aromatic rings. The number of aromatic nitrogens is 2. The molecule has 0 spiro atoms. The van der Waals surface area contributed by atoms with Gasteiger partial charge in [-0.15, -0.1) is 10.2 Å². The highest BCUT2D eigenvalue weighted by molar-refractivity contribution is 6.01. The van der Waals surface area contributed by atoms with Crippen LogP contribution < -0.4 is 10.1 Å². The van der Waals surface area contributed by atoms with E-state index in [2.05, 4.69) is 15.5 Å². The number of nitrogens with zero attached hydrogens (tertiary/aromatic N) is 2. The van der Waals surface area contributed by atoms with Gasteiger partial charge >= 0.3 is 11.8 Å². The number of hydrogen-bond acceptors (Lipinski definition) is 5. The van der Waals surface area contributed by atoms with E-state index in [1.807, 2.05) is 49.4 Å². The Kier molecular flexibility index (Phi) is 5.41. The molecule has 0 saturated heterocycles. The van der Waals surface area contributed by atoms with Crippen molar-refractivity contribution in [3.8, 4) is 5.75 Å². The summed E-state index contributed by atoms with van der Waals surface area (Å²) < 4.78 is 10.9. The van der Waals surface area contributed by atoms with Gasteiger partial charge in [0, 0.05) is 6.42 Å². The van der Waals surface area contributed by atoms with Gasteiger partial charge < -0.3 is 14.5 Å². The molecule has 1 heterocycles. The number of carbonyl (C=O) groups is 1. The van der Waals surface area contributed by atoms with Crippen molar-refractivity contribution in [2.75, 3.05) is 11.9 Å². The van der Waals surface area contributed by atoms with Gasteiger partial charge in [-0.1, -0.05) is 42.5 Å². The van der Waals surface area contributed by atoms with Crippen molar-refractivity contribution in [2.24, 2.45) is 0 Å². The Balaban J connectivity index is 1.63. The van der Waals surface area contributed by atoms with Crippen molar-refractivity contribution in [1.82, 2.24) is 10.2 Å². The van der Waals surface area contributed by atoms with E-state index in [4.69, 9.17) is 9.15 Å². The van der Waals surface area contributed by atoms with Crippen molar-refractivity contribution in [1.29, 1.82) is 0 Å². The number of hydrogen-bond donors (Lipinski definition) is 1. The summed E-state index contributed by atoms with van der Waals surface area (Å²) in [6.07, 6.45) is 1.36. The summed E-state index contributed by atoms with van der Waals surface area (Å²) >= 11 is 0. The third-order valence-corrected chi connectivity index (χ3v) is 3.57.